The average Bonchev–Trinajstić information content (AvgIpc) is 2.85. The summed E-state index contributed by atoms with van der Waals surface area (Å²) in [5.74, 6) is 1.12. The molecular weight excluding hydrogens is 266 g/mol. The molecular formula is C13H17NO4S. The standard InChI is InChI=1S/C13H17NO4S/c1-10-3-2-6-14(10)19(15,16)11-4-5-12-13(9-11)18-8-7-17-12/h4-5,9-10H,2-3,6-8H2,1H3. The number of hydrogen-bond acceptors (Lipinski definition) is 4. The third kappa shape index (κ3) is 2.19. The van der Waals surface area contributed by atoms with Gasteiger partial charge in [-0.05, 0) is 31.9 Å². The zero-order valence-corrected chi connectivity index (χ0v) is 11.6. The molecule has 1 aromatic carbocycles. The second-order valence-corrected chi connectivity index (χ2v) is 6.80. The third-order valence-corrected chi connectivity index (χ3v) is 5.62. The number of sulfonamides is 1. The van der Waals surface area contributed by atoms with Crippen LogP contribution in [0.4, 0.5) is 0 Å². The maximum atomic E-state index is 12.6. The van der Waals surface area contributed by atoms with E-state index in [0.29, 0.717) is 31.3 Å². The van der Waals surface area contributed by atoms with Crippen molar-refractivity contribution in [3.63, 3.8) is 0 Å². The summed E-state index contributed by atoms with van der Waals surface area (Å²) in [5.41, 5.74) is 0. The molecule has 0 amide bonds. The first-order valence-corrected chi connectivity index (χ1v) is 7.94. The number of benzene rings is 1. The molecule has 3 rings (SSSR count). The molecule has 2 aliphatic heterocycles. The number of hydrogen-bond donors (Lipinski definition) is 0. The molecule has 0 bridgehead atoms. The Morgan fingerprint density at radius 3 is 2.63 bits per heavy atom. The van der Waals surface area contributed by atoms with Gasteiger partial charge >= 0.3 is 0 Å². The first-order valence-electron chi connectivity index (χ1n) is 6.50. The minimum atomic E-state index is -3.42. The highest BCUT2D eigenvalue weighted by molar-refractivity contribution is 7.89. The van der Waals surface area contributed by atoms with E-state index in [-0.39, 0.29) is 10.9 Å². The van der Waals surface area contributed by atoms with E-state index in [0.717, 1.165) is 12.8 Å². The summed E-state index contributed by atoms with van der Waals surface area (Å²) in [5, 5.41) is 0. The third-order valence-electron chi connectivity index (χ3n) is 3.61. The van der Waals surface area contributed by atoms with Gasteiger partial charge < -0.3 is 9.47 Å². The van der Waals surface area contributed by atoms with Crippen molar-refractivity contribution >= 4 is 10.0 Å². The monoisotopic (exact) mass is 283 g/mol. The Morgan fingerprint density at radius 2 is 1.95 bits per heavy atom. The fourth-order valence-corrected chi connectivity index (χ4v) is 4.30. The fraction of sp³-hybridized carbons (Fsp3) is 0.538. The molecule has 104 valence electrons. The number of ether oxygens (including phenoxy) is 2. The van der Waals surface area contributed by atoms with Crippen LogP contribution in [-0.4, -0.2) is 38.5 Å². The van der Waals surface area contributed by atoms with Gasteiger partial charge in [0.05, 0.1) is 4.90 Å². The normalized spacial score (nSPS) is 23.5. The van der Waals surface area contributed by atoms with Gasteiger partial charge in [0.2, 0.25) is 10.0 Å². The van der Waals surface area contributed by atoms with Gasteiger partial charge in [0.15, 0.2) is 11.5 Å². The second kappa shape index (κ2) is 4.68. The predicted molar refractivity (Wildman–Crippen MR) is 70.0 cm³/mol. The Labute approximate surface area is 113 Å². The van der Waals surface area contributed by atoms with Gasteiger partial charge in [0.25, 0.3) is 0 Å². The predicted octanol–water partition coefficient (Wildman–Crippen LogP) is 1.63. The minimum absolute atomic E-state index is 0.0678. The molecule has 2 heterocycles. The largest absolute Gasteiger partial charge is 0.486 e. The molecule has 1 atom stereocenters. The van der Waals surface area contributed by atoms with E-state index in [1.165, 1.54) is 0 Å². The van der Waals surface area contributed by atoms with Crippen molar-refractivity contribution in [2.24, 2.45) is 0 Å². The lowest BCUT2D eigenvalue weighted by molar-refractivity contribution is 0.171. The molecule has 19 heavy (non-hydrogen) atoms. The summed E-state index contributed by atoms with van der Waals surface area (Å²) in [7, 11) is -3.42. The lowest BCUT2D eigenvalue weighted by Crippen LogP contribution is -2.33. The lowest BCUT2D eigenvalue weighted by atomic mass is 10.3. The second-order valence-electron chi connectivity index (χ2n) is 4.91. The van der Waals surface area contributed by atoms with Crippen LogP contribution in [0.1, 0.15) is 19.8 Å². The zero-order valence-electron chi connectivity index (χ0n) is 10.8. The van der Waals surface area contributed by atoms with Gasteiger partial charge in [-0.15, -0.1) is 0 Å². The van der Waals surface area contributed by atoms with Gasteiger partial charge in [0.1, 0.15) is 13.2 Å². The molecule has 0 spiro atoms. The maximum Gasteiger partial charge on any atom is 0.243 e. The van der Waals surface area contributed by atoms with Crippen molar-refractivity contribution in [3.8, 4) is 11.5 Å². The molecule has 1 saturated heterocycles. The van der Waals surface area contributed by atoms with Crippen molar-refractivity contribution < 1.29 is 17.9 Å². The summed E-state index contributed by atoms with van der Waals surface area (Å²) < 4.78 is 37.5. The SMILES string of the molecule is CC1CCCN1S(=O)(=O)c1ccc2c(c1)OCCO2. The number of nitrogens with zero attached hydrogens (tertiary/aromatic N) is 1. The van der Waals surface area contributed by atoms with Crippen molar-refractivity contribution in [1.82, 2.24) is 4.31 Å². The molecule has 1 aromatic rings. The van der Waals surface area contributed by atoms with Crippen LogP contribution < -0.4 is 9.47 Å². The smallest absolute Gasteiger partial charge is 0.243 e. The highest BCUT2D eigenvalue weighted by Crippen LogP contribution is 2.34. The van der Waals surface area contributed by atoms with Crippen LogP contribution in [0.2, 0.25) is 0 Å². The molecule has 0 N–H and O–H groups in total. The first kappa shape index (κ1) is 12.7. The molecule has 0 radical (unpaired) electrons. The van der Waals surface area contributed by atoms with Crippen LogP contribution in [0.15, 0.2) is 23.1 Å². The van der Waals surface area contributed by atoms with Crippen LogP contribution in [-0.2, 0) is 10.0 Å². The number of fused-ring (bicyclic) bond motifs is 1. The maximum absolute atomic E-state index is 12.6. The molecule has 0 saturated carbocycles. The van der Waals surface area contributed by atoms with E-state index >= 15 is 0 Å². The van der Waals surface area contributed by atoms with E-state index in [2.05, 4.69) is 0 Å². The first-order chi connectivity index (χ1) is 9.09. The summed E-state index contributed by atoms with van der Waals surface area (Å²) >= 11 is 0. The summed E-state index contributed by atoms with van der Waals surface area (Å²) in [6.07, 6.45) is 1.84. The molecule has 0 aromatic heterocycles. The Morgan fingerprint density at radius 1 is 1.21 bits per heavy atom. The van der Waals surface area contributed by atoms with Gasteiger partial charge in [-0.2, -0.15) is 4.31 Å². The molecule has 6 heteroatoms. The van der Waals surface area contributed by atoms with E-state index in [1.807, 2.05) is 6.92 Å². The van der Waals surface area contributed by atoms with Gasteiger partial charge in [0, 0.05) is 18.7 Å². The lowest BCUT2D eigenvalue weighted by Gasteiger charge is -2.23. The minimum Gasteiger partial charge on any atom is -0.486 e. The van der Waals surface area contributed by atoms with Crippen molar-refractivity contribution in [2.75, 3.05) is 19.8 Å². The molecule has 2 aliphatic rings. The van der Waals surface area contributed by atoms with E-state index in [1.54, 1.807) is 22.5 Å². The van der Waals surface area contributed by atoms with Crippen molar-refractivity contribution in [2.45, 2.75) is 30.7 Å². The quantitative estimate of drug-likeness (QED) is 0.828. The van der Waals surface area contributed by atoms with Crippen LogP contribution in [0, 0.1) is 0 Å². The Bertz CT molecular complexity index is 584. The summed E-state index contributed by atoms with van der Waals surface area (Å²) in [6, 6.07) is 4.89. The van der Waals surface area contributed by atoms with E-state index in [9.17, 15) is 8.42 Å². The van der Waals surface area contributed by atoms with Crippen LogP contribution in [0.3, 0.4) is 0 Å². The Kier molecular flexibility index (Phi) is 3.14. The Hall–Kier alpha value is -1.27. The van der Waals surface area contributed by atoms with Crippen LogP contribution >= 0.6 is 0 Å². The van der Waals surface area contributed by atoms with Crippen molar-refractivity contribution in [3.05, 3.63) is 18.2 Å². The van der Waals surface area contributed by atoms with E-state index < -0.39 is 10.0 Å². The number of rotatable bonds is 2. The summed E-state index contributed by atoms with van der Waals surface area (Å²) in [4.78, 5) is 0.283. The highest BCUT2D eigenvalue weighted by atomic mass is 32.2. The van der Waals surface area contributed by atoms with Crippen molar-refractivity contribution in [1.29, 1.82) is 0 Å². The topological polar surface area (TPSA) is 55.8 Å². The van der Waals surface area contributed by atoms with Crippen LogP contribution in [0.5, 0.6) is 11.5 Å². The highest BCUT2D eigenvalue weighted by Gasteiger charge is 2.33. The van der Waals surface area contributed by atoms with Gasteiger partial charge in [-0.3, -0.25) is 0 Å². The van der Waals surface area contributed by atoms with Gasteiger partial charge in [-0.25, -0.2) is 8.42 Å². The Balaban J connectivity index is 1.97. The average molecular weight is 283 g/mol. The summed E-state index contributed by atoms with van der Waals surface area (Å²) in [6.45, 7) is 3.50. The van der Waals surface area contributed by atoms with Crippen LogP contribution in [0.25, 0.3) is 0 Å². The molecule has 1 unspecified atom stereocenters. The molecule has 1 fully saturated rings. The zero-order chi connectivity index (χ0) is 13.5. The van der Waals surface area contributed by atoms with Gasteiger partial charge in [-0.1, -0.05) is 0 Å². The fourth-order valence-electron chi connectivity index (χ4n) is 2.58. The van der Waals surface area contributed by atoms with E-state index in [4.69, 9.17) is 9.47 Å². The molecule has 0 aliphatic carbocycles. The molecule has 5 nitrogen and oxygen atoms in total.